The van der Waals surface area contributed by atoms with Crippen molar-refractivity contribution in [3.63, 3.8) is 0 Å². The molecule has 8 nitrogen and oxygen atoms in total. The van der Waals surface area contributed by atoms with Crippen LogP contribution in [0.5, 0.6) is 5.75 Å². The number of benzene rings is 2. The van der Waals surface area contributed by atoms with E-state index in [4.69, 9.17) is 4.74 Å². The fourth-order valence-corrected chi connectivity index (χ4v) is 7.93. The third-order valence-corrected chi connectivity index (χ3v) is 9.44. The van der Waals surface area contributed by atoms with Crippen LogP contribution in [-0.2, 0) is 31.3 Å². The van der Waals surface area contributed by atoms with Crippen molar-refractivity contribution in [3.8, 4) is 5.75 Å². The number of hydrogen-bond acceptors (Lipinski definition) is 6. The molecule has 1 atom stereocenters. The molecule has 2 aromatic rings. The van der Waals surface area contributed by atoms with Gasteiger partial charge in [-0.3, -0.25) is 4.79 Å². The number of fused-ring (bicyclic) bond motifs is 1. The highest BCUT2D eigenvalue weighted by Crippen LogP contribution is 2.39. The van der Waals surface area contributed by atoms with Gasteiger partial charge in [-0.25, -0.2) is 25.9 Å². The molecule has 1 aliphatic carbocycles. The Hall–Kier alpha value is -2.43. The van der Waals surface area contributed by atoms with Crippen molar-refractivity contribution in [1.82, 2.24) is 4.72 Å². The van der Waals surface area contributed by atoms with Gasteiger partial charge in [0.15, 0.2) is 0 Å². The van der Waals surface area contributed by atoms with Crippen molar-refractivity contribution < 1.29 is 26.4 Å². The maximum atomic E-state index is 13.4. The number of anilines is 1. The normalized spacial score (nSPS) is 21.9. The van der Waals surface area contributed by atoms with Crippen molar-refractivity contribution in [2.24, 2.45) is 5.41 Å². The van der Waals surface area contributed by atoms with E-state index in [1.54, 1.807) is 13.8 Å². The van der Waals surface area contributed by atoms with Gasteiger partial charge in [0.2, 0.25) is 26.0 Å². The number of aryl methyl sites for hydroxylation is 1. The molecule has 1 aliphatic heterocycles. The van der Waals surface area contributed by atoms with Gasteiger partial charge in [-0.05, 0) is 62.4 Å². The third-order valence-electron chi connectivity index (χ3n) is 5.92. The zero-order chi connectivity index (χ0) is 23.3. The minimum absolute atomic E-state index is 0.0224. The number of ether oxygens (including phenoxy) is 1. The van der Waals surface area contributed by atoms with Gasteiger partial charge in [0, 0.05) is 6.04 Å². The molecule has 0 bridgehead atoms. The van der Waals surface area contributed by atoms with E-state index < -0.39 is 37.4 Å². The van der Waals surface area contributed by atoms with E-state index in [1.165, 1.54) is 25.3 Å². The average molecular weight is 479 g/mol. The first-order valence-corrected chi connectivity index (χ1v) is 13.4. The second-order valence-electron chi connectivity index (χ2n) is 8.81. The number of hydrogen-bond donors (Lipinski definition) is 1. The molecule has 0 aromatic heterocycles. The van der Waals surface area contributed by atoms with Crippen LogP contribution in [0.25, 0.3) is 0 Å². The summed E-state index contributed by atoms with van der Waals surface area (Å²) in [5, 5.41) is 0. The molecule has 0 spiro atoms. The van der Waals surface area contributed by atoms with Crippen molar-refractivity contribution in [2.45, 2.75) is 44.0 Å². The Morgan fingerprint density at radius 1 is 1.16 bits per heavy atom. The Morgan fingerprint density at radius 2 is 1.88 bits per heavy atom. The van der Waals surface area contributed by atoms with E-state index in [1.807, 2.05) is 24.3 Å². The van der Waals surface area contributed by atoms with Gasteiger partial charge in [0.05, 0.1) is 24.0 Å². The van der Waals surface area contributed by atoms with Gasteiger partial charge in [-0.15, -0.1) is 0 Å². The highest BCUT2D eigenvalue weighted by Gasteiger charge is 2.50. The van der Waals surface area contributed by atoms with E-state index in [0.29, 0.717) is 10.7 Å². The predicted molar refractivity (Wildman–Crippen MR) is 120 cm³/mol. The molecule has 2 aromatic carbocycles. The van der Waals surface area contributed by atoms with Crippen LogP contribution in [0.15, 0.2) is 47.4 Å². The fourth-order valence-electron chi connectivity index (χ4n) is 4.39. The summed E-state index contributed by atoms with van der Waals surface area (Å²) in [6, 6.07) is 11.2. The molecule has 1 unspecified atom stereocenters. The highest BCUT2D eigenvalue weighted by atomic mass is 32.2. The quantitative estimate of drug-likeness (QED) is 0.708. The lowest BCUT2D eigenvalue weighted by Gasteiger charge is -2.26. The van der Waals surface area contributed by atoms with Crippen LogP contribution in [0.1, 0.15) is 43.9 Å². The molecule has 0 saturated carbocycles. The molecule has 10 heteroatoms. The van der Waals surface area contributed by atoms with Crippen molar-refractivity contribution >= 4 is 31.6 Å². The standard InChI is InChI=1S/C22H26N2O6S2/c1-22(2)14-31(26,27)24(21(22)25)16-11-12-19(30-3)20(13-16)32(28,29)23-18-10-6-8-15-7-4-5-9-17(15)18/h4-5,7,9,11-13,18,23H,6,8,10,14H2,1-3H3. The van der Waals surface area contributed by atoms with Crippen molar-refractivity contribution in [1.29, 1.82) is 0 Å². The van der Waals surface area contributed by atoms with Gasteiger partial charge in [0.1, 0.15) is 10.6 Å². The number of nitrogens with one attached hydrogen (secondary N) is 1. The van der Waals surface area contributed by atoms with Gasteiger partial charge in [-0.1, -0.05) is 24.3 Å². The molecule has 1 heterocycles. The monoisotopic (exact) mass is 478 g/mol. The highest BCUT2D eigenvalue weighted by molar-refractivity contribution is 7.94. The van der Waals surface area contributed by atoms with Gasteiger partial charge >= 0.3 is 0 Å². The van der Waals surface area contributed by atoms with Gasteiger partial charge < -0.3 is 4.74 Å². The van der Waals surface area contributed by atoms with Crippen LogP contribution in [0.4, 0.5) is 5.69 Å². The molecule has 0 radical (unpaired) electrons. The SMILES string of the molecule is COc1ccc(N2C(=O)C(C)(C)CS2(=O)=O)cc1S(=O)(=O)NC1CCCc2ccccc21. The first-order valence-electron chi connectivity index (χ1n) is 10.3. The summed E-state index contributed by atoms with van der Waals surface area (Å²) in [5.41, 5.74) is 0.910. The first kappa shape index (κ1) is 22.8. The number of rotatable bonds is 5. The van der Waals surface area contributed by atoms with E-state index >= 15 is 0 Å². The second-order valence-corrected chi connectivity index (χ2v) is 12.3. The van der Waals surface area contributed by atoms with Gasteiger partial charge in [-0.2, -0.15) is 0 Å². The number of methoxy groups -OCH3 is 1. The lowest BCUT2D eigenvalue weighted by atomic mass is 9.88. The smallest absolute Gasteiger partial charge is 0.247 e. The zero-order valence-electron chi connectivity index (χ0n) is 18.2. The zero-order valence-corrected chi connectivity index (χ0v) is 19.8. The number of carbonyl (C=O) groups is 1. The number of carbonyl (C=O) groups excluding carboxylic acids is 1. The summed E-state index contributed by atoms with van der Waals surface area (Å²) < 4.78 is 60.8. The van der Waals surface area contributed by atoms with Crippen LogP contribution in [0.2, 0.25) is 0 Å². The van der Waals surface area contributed by atoms with E-state index in [0.717, 1.165) is 24.0 Å². The largest absolute Gasteiger partial charge is 0.495 e. The van der Waals surface area contributed by atoms with Crippen LogP contribution >= 0.6 is 0 Å². The summed E-state index contributed by atoms with van der Waals surface area (Å²) in [6.45, 7) is 3.10. The minimum atomic E-state index is -4.09. The van der Waals surface area contributed by atoms with Crippen LogP contribution in [0.3, 0.4) is 0 Å². The first-order chi connectivity index (χ1) is 15.0. The molecule has 1 saturated heterocycles. The third kappa shape index (κ3) is 3.91. The number of nitrogens with zero attached hydrogens (tertiary/aromatic N) is 1. The van der Waals surface area contributed by atoms with Crippen LogP contribution in [0, 0.1) is 5.41 Å². The summed E-state index contributed by atoms with van der Waals surface area (Å²) in [4.78, 5) is 12.5. The van der Waals surface area contributed by atoms with E-state index in [-0.39, 0.29) is 22.1 Å². The Balaban J connectivity index is 1.75. The van der Waals surface area contributed by atoms with Crippen LogP contribution < -0.4 is 13.8 Å². The lowest BCUT2D eigenvalue weighted by molar-refractivity contribution is -0.123. The van der Waals surface area contributed by atoms with Crippen molar-refractivity contribution in [3.05, 3.63) is 53.6 Å². The number of sulfonamides is 2. The Kier molecular flexibility index (Phi) is 5.59. The van der Waals surface area contributed by atoms with Crippen molar-refractivity contribution in [2.75, 3.05) is 17.2 Å². The van der Waals surface area contributed by atoms with Crippen LogP contribution in [-0.4, -0.2) is 35.6 Å². The molecular formula is C22H26N2O6S2. The average Bonchev–Trinajstić information content (AvgIpc) is 2.89. The summed E-state index contributed by atoms with van der Waals surface area (Å²) in [7, 11) is -6.67. The van der Waals surface area contributed by atoms with Gasteiger partial charge in [0.25, 0.3) is 0 Å². The summed E-state index contributed by atoms with van der Waals surface area (Å²) >= 11 is 0. The molecule has 172 valence electrons. The maximum absolute atomic E-state index is 13.4. The molecule has 2 aliphatic rings. The summed E-state index contributed by atoms with van der Waals surface area (Å²) in [6.07, 6.45) is 2.38. The Bertz CT molecular complexity index is 1290. The molecular weight excluding hydrogens is 452 g/mol. The molecule has 1 amide bonds. The second kappa shape index (κ2) is 7.86. The lowest BCUT2D eigenvalue weighted by Crippen LogP contribution is -2.34. The van der Waals surface area contributed by atoms with E-state index in [2.05, 4.69) is 4.72 Å². The Morgan fingerprint density at radius 3 is 2.53 bits per heavy atom. The van der Waals surface area contributed by atoms with E-state index in [9.17, 15) is 21.6 Å². The topological polar surface area (TPSA) is 110 Å². The summed E-state index contributed by atoms with van der Waals surface area (Å²) in [5.74, 6) is -0.877. The number of amides is 1. The predicted octanol–water partition coefficient (Wildman–Crippen LogP) is 2.75. The molecule has 1 fully saturated rings. The Labute approximate surface area is 188 Å². The fraction of sp³-hybridized carbons (Fsp3) is 0.409. The minimum Gasteiger partial charge on any atom is -0.495 e. The molecule has 32 heavy (non-hydrogen) atoms. The molecule has 4 rings (SSSR count). The molecule has 1 N–H and O–H groups in total. The maximum Gasteiger partial charge on any atom is 0.247 e.